The van der Waals surface area contributed by atoms with Gasteiger partial charge in [-0.15, -0.1) is 0 Å². The monoisotopic (exact) mass is 304 g/mol. The normalized spacial score (nSPS) is 12.7. The van der Waals surface area contributed by atoms with Crippen LogP contribution in [0.15, 0.2) is 35.5 Å². The highest BCUT2D eigenvalue weighted by Crippen LogP contribution is 2.36. The Kier molecular flexibility index (Phi) is 3.45. The predicted molar refractivity (Wildman–Crippen MR) is 82.0 cm³/mol. The van der Waals surface area contributed by atoms with Crippen LogP contribution in [0.1, 0.15) is 17.7 Å². The van der Waals surface area contributed by atoms with Crippen LogP contribution in [-0.2, 0) is 0 Å². The van der Waals surface area contributed by atoms with Crippen LogP contribution < -0.4 is 5.73 Å². The van der Waals surface area contributed by atoms with Gasteiger partial charge in [0.15, 0.2) is 15.9 Å². The van der Waals surface area contributed by atoms with Gasteiger partial charge < -0.3 is 10.8 Å². The molecule has 2 heterocycles. The van der Waals surface area contributed by atoms with Gasteiger partial charge >= 0.3 is 0 Å². The van der Waals surface area contributed by atoms with Crippen molar-refractivity contribution in [3.05, 3.63) is 35.9 Å². The van der Waals surface area contributed by atoms with Gasteiger partial charge in [0.25, 0.3) is 0 Å². The lowest BCUT2D eigenvalue weighted by Crippen LogP contribution is -1.93. The second-order valence-corrected chi connectivity index (χ2v) is 6.54. The van der Waals surface area contributed by atoms with Gasteiger partial charge in [-0.05, 0) is 12.5 Å². The molecule has 0 amide bonds. The SMILES string of the molecule is CC(Sc1nc(O)c2sc(N)nc2n1)c1ccccc1. The second kappa shape index (κ2) is 5.26. The predicted octanol–water partition coefficient (Wildman–Crippen LogP) is 3.23. The number of nitrogens with zero attached hydrogens (tertiary/aromatic N) is 3. The van der Waals surface area contributed by atoms with Crippen LogP contribution in [0.25, 0.3) is 10.3 Å². The molecule has 1 aromatic carbocycles. The number of thioether (sulfide) groups is 1. The molecule has 3 N–H and O–H groups in total. The van der Waals surface area contributed by atoms with E-state index in [9.17, 15) is 5.11 Å². The third-order valence-electron chi connectivity index (χ3n) is 2.78. The fourth-order valence-electron chi connectivity index (χ4n) is 1.81. The van der Waals surface area contributed by atoms with Crippen LogP contribution in [0.5, 0.6) is 5.88 Å². The molecule has 3 rings (SSSR count). The highest BCUT2D eigenvalue weighted by Gasteiger charge is 2.15. The minimum absolute atomic E-state index is 0.0630. The number of benzene rings is 1. The lowest BCUT2D eigenvalue weighted by molar-refractivity contribution is 0.454. The number of anilines is 1. The Morgan fingerprint density at radius 3 is 2.70 bits per heavy atom. The van der Waals surface area contributed by atoms with Crippen LogP contribution in [0, 0.1) is 0 Å². The molecule has 7 heteroatoms. The molecule has 0 aliphatic rings. The first-order chi connectivity index (χ1) is 9.63. The Morgan fingerprint density at radius 2 is 1.95 bits per heavy atom. The van der Waals surface area contributed by atoms with E-state index in [4.69, 9.17) is 5.73 Å². The molecule has 0 bridgehead atoms. The molecule has 0 radical (unpaired) electrons. The van der Waals surface area contributed by atoms with E-state index in [1.807, 2.05) is 18.2 Å². The largest absolute Gasteiger partial charge is 0.492 e. The minimum atomic E-state index is -0.0630. The summed E-state index contributed by atoms with van der Waals surface area (Å²) >= 11 is 2.66. The zero-order chi connectivity index (χ0) is 14.1. The Morgan fingerprint density at radius 1 is 1.20 bits per heavy atom. The summed E-state index contributed by atoms with van der Waals surface area (Å²) in [5, 5.41) is 11.0. The van der Waals surface area contributed by atoms with Crippen molar-refractivity contribution in [2.24, 2.45) is 0 Å². The molecule has 5 nitrogen and oxygen atoms in total. The number of rotatable bonds is 3. The van der Waals surface area contributed by atoms with E-state index in [1.165, 1.54) is 28.7 Å². The first kappa shape index (κ1) is 13.1. The molecule has 2 aromatic heterocycles. The number of nitrogens with two attached hydrogens (primary N) is 1. The third-order valence-corrected chi connectivity index (χ3v) is 4.67. The topological polar surface area (TPSA) is 84.9 Å². The Labute approximate surface area is 123 Å². The maximum absolute atomic E-state index is 9.90. The van der Waals surface area contributed by atoms with Crippen molar-refractivity contribution in [2.45, 2.75) is 17.3 Å². The average molecular weight is 304 g/mol. The summed E-state index contributed by atoms with van der Waals surface area (Å²) in [7, 11) is 0. The van der Waals surface area contributed by atoms with E-state index < -0.39 is 0 Å². The minimum Gasteiger partial charge on any atom is -0.492 e. The lowest BCUT2D eigenvalue weighted by atomic mass is 10.2. The molecule has 1 unspecified atom stereocenters. The van der Waals surface area contributed by atoms with Gasteiger partial charge in [0.2, 0.25) is 5.88 Å². The molecule has 0 saturated heterocycles. The van der Waals surface area contributed by atoms with Crippen molar-refractivity contribution in [3.8, 4) is 5.88 Å². The Hall–Kier alpha value is -1.86. The number of thiazole rings is 1. The standard InChI is InChI=1S/C13H12N4OS2/c1-7(8-5-3-2-4-6-8)19-13-16-10-9(11(18)17-13)20-12(14)15-10/h2-7H,1H3,(H3,14,15,16,17,18). The summed E-state index contributed by atoms with van der Waals surface area (Å²) in [6, 6.07) is 10.1. The summed E-state index contributed by atoms with van der Waals surface area (Å²) in [6.45, 7) is 2.07. The number of fused-ring (bicyclic) bond motifs is 1. The molecule has 0 aliphatic carbocycles. The van der Waals surface area contributed by atoms with E-state index in [-0.39, 0.29) is 11.1 Å². The zero-order valence-corrected chi connectivity index (χ0v) is 12.3. The van der Waals surface area contributed by atoms with E-state index in [1.54, 1.807) is 0 Å². The summed E-state index contributed by atoms with van der Waals surface area (Å²) in [4.78, 5) is 12.5. The van der Waals surface area contributed by atoms with E-state index in [2.05, 4.69) is 34.0 Å². The number of aromatic hydroxyl groups is 1. The number of nitrogen functional groups attached to an aromatic ring is 1. The van der Waals surface area contributed by atoms with Gasteiger partial charge in [-0.1, -0.05) is 53.4 Å². The van der Waals surface area contributed by atoms with Crippen LogP contribution in [-0.4, -0.2) is 20.1 Å². The molecule has 1 atom stereocenters. The molecule has 0 fully saturated rings. The van der Waals surface area contributed by atoms with Gasteiger partial charge in [-0.3, -0.25) is 0 Å². The maximum Gasteiger partial charge on any atom is 0.235 e. The van der Waals surface area contributed by atoms with Crippen molar-refractivity contribution >= 4 is 38.6 Å². The third kappa shape index (κ3) is 2.54. The van der Waals surface area contributed by atoms with Crippen LogP contribution >= 0.6 is 23.1 Å². The molecule has 0 aliphatic heterocycles. The molecule has 102 valence electrons. The van der Waals surface area contributed by atoms with E-state index in [0.717, 1.165) is 0 Å². The van der Waals surface area contributed by atoms with Crippen molar-refractivity contribution in [2.75, 3.05) is 5.73 Å². The van der Waals surface area contributed by atoms with Crippen LogP contribution in [0.3, 0.4) is 0 Å². The number of hydrogen-bond acceptors (Lipinski definition) is 7. The van der Waals surface area contributed by atoms with Crippen molar-refractivity contribution < 1.29 is 5.11 Å². The van der Waals surface area contributed by atoms with Crippen LogP contribution in [0.2, 0.25) is 0 Å². The average Bonchev–Trinajstić information content (AvgIpc) is 2.81. The lowest BCUT2D eigenvalue weighted by Gasteiger charge is -2.10. The summed E-state index contributed by atoms with van der Waals surface area (Å²) in [5.41, 5.74) is 7.25. The zero-order valence-electron chi connectivity index (χ0n) is 10.6. The molecule has 0 spiro atoms. The van der Waals surface area contributed by atoms with E-state index in [0.29, 0.717) is 20.6 Å². The van der Waals surface area contributed by atoms with Gasteiger partial charge in [0.05, 0.1) is 0 Å². The Bertz CT molecular complexity index is 745. The van der Waals surface area contributed by atoms with E-state index >= 15 is 0 Å². The van der Waals surface area contributed by atoms with Crippen molar-refractivity contribution in [3.63, 3.8) is 0 Å². The number of hydrogen-bond donors (Lipinski definition) is 2. The fraction of sp³-hybridized carbons (Fsp3) is 0.154. The molecule has 20 heavy (non-hydrogen) atoms. The molecule has 0 saturated carbocycles. The fourth-order valence-corrected chi connectivity index (χ4v) is 3.36. The smallest absolute Gasteiger partial charge is 0.235 e. The van der Waals surface area contributed by atoms with Gasteiger partial charge in [0.1, 0.15) is 4.70 Å². The summed E-state index contributed by atoms with van der Waals surface area (Å²) in [5.74, 6) is -0.0630. The van der Waals surface area contributed by atoms with Crippen molar-refractivity contribution in [1.29, 1.82) is 0 Å². The maximum atomic E-state index is 9.90. The number of aromatic nitrogens is 3. The highest BCUT2D eigenvalue weighted by molar-refractivity contribution is 7.99. The molecular formula is C13H12N4OS2. The quantitative estimate of drug-likeness (QED) is 0.571. The van der Waals surface area contributed by atoms with Crippen molar-refractivity contribution in [1.82, 2.24) is 15.0 Å². The molecule has 3 aromatic rings. The Balaban J connectivity index is 1.91. The van der Waals surface area contributed by atoms with Crippen LogP contribution in [0.4, 0.5) is 5.13 Å². The molecular weight excluding hydrogens is 292 g/mol. The first-order valence-electron chi connectivity index (χ1n) is 5.98. The summed E-state index contributed by atoms with van der Waals surface area (Å²) < 4.78 is 0.527. The van der Waals surface area contributed by atoms with Gasteiger partial charge in [-0.25, -0.2) is 9.97 Å². The highest BCUT2D eigenvalue weighted by atomic mass is 32.2. The second-order valence-electron chi connectivity index (χ2n) is 4.21. The van der Waals surface area contributed by atoms with Gasteiger partial charge in [-0.2, -0.15) is 4.98 Å². The summed E-state index contributed by atoms with van der Waals surface area (Å²) in [6.07, 6.45) is 0. The first-order valence-corrected chi connectivity index (χ1v) is 7.67. The van der Waals surface area contributed by atoms with Gasteiger partial charge in [0, 0.05) is 5.25 Å².